The molecule has 2 heterocycles. The van der Waals surface area contributed by atoms with Crippen molar-refractivity contribution in [1.82, 2.24) is 20.3 Å². The molecule has 0 radical (unpaired) electrons. The fourth-order valence-corrected chi connectivity index (χ4v) is 3.50. The minimum Gasteiger partial charge on any atom is -0.345 e. The van der Waals surface area contributed by atoms with Gasteiger partial charge in [0.05, 0.1) is 17.2 Å². The number of carbonyl (C=O) groups excluding carboxylic acids is 1. The minimum atomic E-state index is -4.60. The second kappa shape index (κ2) is 7.62. The highest BCUT2D eigenvalue weighted by atomic mass is 19.4. The number of amides is 1. The number of aromatic nitrogens is 3. The third-order valence-electron chi connectivity index (χ3n) is 4.90. The Labute approximate surface area is 165 Å². The zero-order valence-corrected chi connectivity index (χ0v) is 15.3. The summed E-state index contributed by atoms with van der Waals surface area (Å²) in [6.45, 7) is 0. The third kappa shape index (κ3) is 3.96. The molecular formula is C21H17F3N4O. The molecule has 1 amide bonds. The molecule has 0 spiro atoms. The highest BCUT2D eigenvalue weighted by molar-refractivity contribution is 5.96. The minimum absolute atomic E-state index is 0.388. The molecule has 1 aromatic carbocycles. The Hall–Kier alpha value is -3.29. The number of nitrogens with zero attached hydrogens (tertiary/aromatic N) is 3. The van der Waals surface area contributed by atoms with E-state index >= 15 is 0 Å². The van der Waals surface area contributed by atoms with Crippen LogP contribution in [0.1, 0.15) is 46.1 Å². The van der Waals surface area contributed by atoms with Crippen molar-refractivity contribution in [1.29, 1.82) is 0 Å². The quantitative estimate of drug-likeness (QED) is 0.712. The summed E-state index contributed by atoms with van der Waals surface area (Å²) < 4.78 is 39.7. The van der Waals surface area contributed by atoms with Gasteiger partial charge in [0, 0.05) is 35.4 Å². The molecule has 0 bridgehead atoms. The summed E-state index contributed by atoms with van der Waals surface area (Å²) in [4.78, 5) is 25.6. The Morgan fingerprint density at radius 1 is 1.10 bits per heavy atom. The molecule has 5 nitrogen and oxygen atoms in total. The third-order valence-corrected chi connectivity index (χ3v) is 4.90. The Bertz CT molecular complexity index is 1040. The van der Waals surface area contributed by atoms with E-state index in [9.17, 15) is 18.0 Å². The summed E-state index contributed by atoms with van der Waals surface area (Å²) in [5.74, 6) is -0.200. The molecule has 1 atom stereocenters. The first-order valence-corrected chi connectivity index (χ1v) is 9.17. The lowest BCUT2D eigenvalue weighted by Gasteiger charge is -2.26. The van der Waals surface area contributed by atoms with Crippen LogP contribution in [0.25, 0.3) is 11.4 Å². The molecule has 1 aliphatic rings. The average molecular weight is 398 g/mol. The van der Waals surface area contributed by atoms with Crippen molar-refractivity contribution in [2.45, 2.75) is 31.5 Å². The highest BCUT2D eigenvalue weighted by Crippen LogP contribution is 2.33. The number of carbonyl (C=O) groups is 1. The summed E-state index contributed by atoms with van der Waals surface area (Å²) in [6.07, 6.45) is 2.47. The van der Waals surface area contributed by atoms with Crippen LogP contribution in [0, 0.1) is 0 Å². The van der Waals surface area contributed by atoms with Crippen molar-refractivity contribution in [3.05, 3.63) is 77.4 Å². The summed E-state index contributed by atoms with van der Waals surface area (Å²) in [5, 5.41) is 2.73. The highest BCUT2D eigenvalue weighted by Gasteiger charge is 2.35. The summed E-state index contributed by atoms with van der Waals surface area (Å²) in [7, 11) is 0. The summed E-state index contributed by atoms with van der Waals surface area (Å²) in [5.41, 5.74) is 1.03. The van der Waals surface area contributed by atoms with Crippen molar-refractivity contribution in [2.24, 2.45) is 0 Å². The number of hydrogen-bond donors (Lipinski definition) is 1. The van der Waals surface area contributed by atoms with Crippen molar-refractivity contribution in [3.8, 4) is 11.4 Å². The second-order valence-electron chi connectivity index (χ2n) is 6.79. The van der Waals surface area contributed by atoms with Gasteiger partial charge in [0.25, 0.3) is 5.91 Å². The maximum Gasteiger partial charge on any atom is 0.417 e. The van der Waals surface area contributed by atoms with Gasteiger partial charge in [-0.05, 0) is 43.5 Å². The SMILES string of the molecule is O=C(NC1CCCc2nc(-c3ccncc3)ncc21)c1ccccc1C(F)(F)F. The van der Waals surface area contributed by atoms with Gasteiger partial charge in [-0.15, -0.1) is 0 Å². The molecule has 0 aliphatic heterocycles. The Morgan fingerprint density at radius 2 is 1.86 bits per heavy atom. The van der Waals surface area contributed by atoms with Gasteiger partial charge >= 0.3 is 6.18 Å². The van der Waals surface area contributed by atoms with Gasteiger partial charge in [0.2, 0.25) is 0 Å². The van der Waals surface area contributed by atoms with Crippen molar-refractivity contribution in [2.75, 3.05) is 0 Å². The lowest BCUT2D eigenvalue weighted by atomic mass is 9.91. The number of pyridine rings is 1. The van der Waals surface area contributed by atoms with E-state index in [1.54, 1.807) is 30.7 Å². The van der Waals surface area contributed by atoms with Crippen molar-refractivity contribution in [3.63, 3.8) is 0 Å². The van der Waals surface area contributed by atoms with Gasteiger partial charge in [0.1, 0.15) is 0 Å². The largest absolute Gasteiger partial charge is 0.417 e. The van der Waals surface area contributed by atoms with Crippen molar-refractivity contribution < 1.29 is 18.0 Å². The molecule has 148 valence electrons. The standard InChI is InChI=1S/C21H17F3N4O/c22-21(23,24)16-5-2-1-4-14(16)20(29)28-18-7-3-6-17-15(18)12-26-19(27-17)13-8-10-25-11-9-13/h1-2,4-5,8-12,18H,3,6-7H2,(H,28,29). The number of alkyl halides is 3. The van der Waals surface area contributed by atoms with E-state index in [2.05, 4.69) is 20.3 Å². The van der Waals surface area contributed by atoms with Crippen LogP contribution in [0.5, 0.6) is 0 Å². The lowest BCUT2D eigenvalue weighted by molar-refractivity contribution is -0.137. The first-order chi connectivity index (χ1) is 13.9. The van der Waals surface area contributed by atoms with Gasteiger partial charge in [-0.2, -0.15) is 13.2 Å². The van der Waals surface area contributed by atoms with Gasteiger partial charge in [-0.3, -0.25) is 9.78 Å². The van der Waals surface area contributed by atoms with E-state index in [1.165, 1.54) is 18.2 Å². The fraction of sp³-hybridized carbons (Fsp3) is 0.238. The molecule has 0 fully saturated rings. The van der Waals surface area contributed by atoms with Crippen LogP contribution in [0.4, 0.5) is 13.2 Å². The first-order valence-electron chi connectivity index (χ1n) is 9.17. The van der Waals surface area contributed by atoms with Gasteiger partial charge in [-0.25, -0.2) is 9.97 Å². The van der Waals surface area contributed by atoms with Crippen LogP contribution in [0.15, 0.2) is 55.0 Å². The zero-order valence-electron chi connectivity index (χ0n) is 15.3. The monoisotopic (exact) mass is 398 g/mol. The molecule has 1 aliphatic carbocycles. The molecule has 3 aromatic rings. The summed E-state index contributed by atoms with van der Waals surface area (Å²) >= 11 is 0. The molecule has 1 N–H and O–H groups in total. The Kier molecular flexibility index (Phi) is 5.00. The molecule has 0 saturated carbocycles. The second-order valence-corrected chi connectivity index (χ2v) is 6.79. The number of nitrogens with one attached hydrogen (secondary N) is 1. The van der Waals surface area contributed by atoms with Crippen LogP contribution >= 0.6 is 0 Å². The van der Waals surface area contributed by atoms with Crippen LogP contribution < -0.4 is 5.32 Å². The van der Waals surface area contributed by atoms with E-state index < -0.39 is 23.7 Å². The van der Waals surface area contributed by atoms with E-state index in [4.69, 9.17) is 0 Å². The molecule has 8 heteroatoms. The van der Waals surface area contributed by atoms with Gasteiger partial charge < -0.3 is 5.32 Å². The molecular weight excluding hydrogens is 381 g/mol. The van der Waals surface area contributed by atoms with Crippen molar-refractivity contribution >= 4 is 5.91 Å². The molecule has 2 aromatic heterocycles. The Balaban J connectivity index is 1.60. The topological polar surface area (TPSA) is 67.8 Å². The lowest BCUT2D eigenvalue weighted by Crippen LogP contribution is -2.32. The number of aryl methyl sites for hydroxylation is 1. The number of halogens is 3. The van der Waals surface area contributed by atoms with Gasteiger partial charge in [-0.1, -0.05) is 12.1 Å². The zero-order chi connectivity index (χ0) is 20.4. The Morgan fingerprint density at radius 3 is 2.62 bits per heavy atom. The van der Waals surface area contributed by atoms with E-state index in [0.717, 1.165) is 35.7 Å². The maximum absolute atomic E-state index is 13.2. The van der Waals surface area contributed by atoms with Gasteiger partial charge in [0.15, 0.2) is 5.82 Å². The molecule has 0 saturated heterocycles. The average Bonchev–Trinajstić information content (AvgIpc) is 2.73. The van der Waals surface area contributed by atoms with Crippen LogP contribution in [-0.4, -0.2) is 20.9 Å². The predicted octanol–water partition coefficient (Wildman–Crippen LogP) is 4.36. The van der Waals surface area contributed by atoms with Crippen LogP contribution in [-0.2, 0) is 12.6 Å². The maximum atomic E-state index is 13.2. The molecule has 1 unspecified atom stereocenters. The van der Waals surface area contributed by atoms with Crippen LogP contribution in [0.2, 0.25) is 0 Å². The smallest absolute Gasteiger partial charge is 0.345 e. The number of rotatable bonds is 3. The number of fused-ring (bicyclic) bond motifs is 1. The first kappa shape index (κ1) is 19.0. The normalized spacial score (nSPS) is 16.2. The molecule has 29 heavy (non-hydrogen) atoms. The molecule has 4 rings (SSSR count). The van der Waals surface area contributed by atoms with Crippen LogP contribution in [0.3, 0.4) is 0 Å². The van der Waals surface area contributed by atoms with E-state index in [1.807, 2.05) is 0 Å². The van der Waals surface area contributed by atoms with E-state index in [-0.39, 0.29) is 5.56 Å². The van der Waals surface area contributed by atoms with E-state index in [0.29, 0.717) is 12.2 Å². The number of benzene rings is 1. The summed E-state index contributed by atoms with van der Waals surface area (Å²) in [6, 6.07) is 7.96. The number of hydrogen-bond acceptors (Lipinski definition) is 4. The predicted molar refractivity (Wildman–Crippen MR) is 99.9 cm³/mol. The fourth-order valence-electron chi connectivity index (χ4n) is 3.50.